The lowest BCUT2D eigenvalue weighted by Crippen LogP contribution is -2.49. The predicted octanol–water partition coefficient (Wildman–Crippen LogP) is 3.91. The summed E-state index contributed by atoms with van der Waals surface area (Å²) in [7, 11) is 0. The number of hydrogen-bond donors (Lipinski definition) is 0. The molecule has 0 spiro atoms. The van der Waals surface area contributed by atoms with E-state index >= 15 is 0 Å². The maximum atomic E-state index is 13.4. The van der Waals surface area contributed by atoms with Crippen LogP contribution in [0.25, 0.3) is 11.4 Å². The minimum absolute atomic E-state index is 0.0422. The number of likely N-dealkylation sites (tertiary alicyclic amines) is 1. The fraction of sp³-hybridized carbons (Fsp3) is 0.292. The first kappa shape index (κ1) is 20.6. The van der Waals surface area contributed by atoms with Crippen molar-refractivity contribution >= 4 is 5.91 Å². The summed E-state index contributed by atoms with van der Waals surface area (Å²) >= 11 is 0. The van der Waals surface area contributed by atoms with Crippen LogP contribution >= 0.6 is 0 Å². The minimum Gasteiger partial charge on any atom is -0.338 e. The molecule has 31 heavy (non-hydrogen) atoms. The second-order valence-corrected chi connectivity index (χ2v) is 7.97. The Bertz CT molecular complexity index is 1110. The summed E-state index contributed by atoms with van der Waals surface area (Å²) in [5.74, 6) is -0.458. The molecule has 1 amide bonds. The Morgan fingerprint density at radius 2 is 2.03 bits per heavy atom. The Morgan fingerprint density at radius 3 is 2.71 bits per heavy atom. The van der Waals surface area contributed by atoms with Gasteiger partial charge in [-0.2, -0.15) is 5.26 Å². The highest BCUT2D eigenvalue weighted by Gasteiger charge is 2.42. The average Bonchev–Trinajstić information content (AvgIpc) is 2.82. The average molecular weight is 415 g/mol. The number of piperidine rings is 1. The number of nitriles is 1. The van der Waals surface area contributed by atoms with E-state index in [1.807, 2.05) is 6.92 Å². The molecular formula is C24H22FN5O. The van der Waals surface area contributed by atoms with Gasteiger partial charge >= 0.3 is 0 Å². The van der Waals surface area contributed by atoms with Gasteiger partial charge in [-0.05, 0) is 54.7 Å². The van der Waals surface area contributed by atoms with Crippen molar-refractivity contribution in [1.29, 1.82) is 5.26 Å². The van der Waals surface area contributed by atoms with Gasteiger partial charge < -0.3 is 4.90 Å². The van der Waals surface area contributed by atoms with E-state index in [-0.39, 0.29) is 17.6 Å². The summed E-state index contributed by atoms with van der Waals surface area (Å²) in [5, 5.41) is 10.0. The molecule has 3 heterocycles. The van der Waals surface area contributed by atoms with Gasteiger partial charge in [-0.25, -0.2) is 14.4 Å². The molecule has 1 aliphatic rings. The van der Waals surface area contributed by atoms with Gasteiger partial charge in [0.05, 0.1) is 22.7 Å². The lowest BCUT2D eigenvalue weighted by atomic mass is 9.68. The summed E-state index contributed by atoms with van der Waals surface area (Å²) < 4.78 is 13.3. The van der Waals surface area contributed by atoms with Gasteiger partial charge in [0, 0.05) is 25.5 Å². The van der Waals surface area contributed by atoms with E-state index in [0.29, 0.717) is 42.9 Å². The van der Waals surface area contributed by atoms with Crippen molar-refractivity contribution in [1.82, 2.24) is 19.9 Å². The van der Waals surface area contributed by atoms with Crippen LogP contribution in [-0.4, -0.2) is 38.8 Å². The first-order valence-corrected chi connectivity index (χ1v) is 10.2. The van der Waals surface area contributed by atoms with Crippen molar-refractivity contribution in [3.05, 3.63) is 78.1 Å². The molecular weight excluding hydrogens is 393 g/mol. The highest BCUT2D eigenvalue weighted by atomic mass is 19.1. The molecule has 2 atom stereocenters. The predicted molar refractivity (Wildman–Crippen MR) is 113 cm³/mol. The van der Waals surface area contributed by atoms with E-state index in [1.165, 1.54) is 18.5 Å². The third kappa shape index (κ3) is 4.15. The van der Waals surface area contributed by atoms with Crippen molar-refractivity contribution < 1.29 is 9.18 Å². The number of pyridine rings is 1. The Morgan fingerprint density at radius 1 is 1.23 bits per heavy atom. The molecule has 6 nitrogen and oxygen atoms in total. The van der Waals surface area contributed by atoms with Crippen LogP contribution in [-0.2, 0) is 6.42 Å². The summed E-state index contributed by atoms with van der Waals surface area (Å²) in [4.78, 5) is 27.7. The van der Waals surface area contributed by atoms with Crippen LogP contribution in [0.15, 0.2) is 61.2 Å². The van der Waals surface area contributed by atoms with Crippen LogP contribution in [0.1, 0.15) is 29.3 Å². The van der Waals surface area contributed by atoms with Crippen LogP contribution < -0.4 is 0 Å². The van der Waals surface area contributed by atoms with Crippen molar-refractivity contribution in [3.8, 4) is 17.5 Å². The van der Waals surface area contributed by atoms with Crippen LogP contribution in [0, 0.1) is 28.5 Å². The van der Waals surface area contributed by atoms with Crippen molar-refractivity contribution in [2.45, 2.75) is 19.8 Å². The molecule has 7 heteroatoms. The van der Waals surface area contributed by atoms with Crippen molar-refractivity contribution in [2.75, 3.05) is 13.1 Å². The van der Waals surface area contributed by atoms with Crippen LogP contribution in [0.4, 0.5) is 4.39 Å². The first-order valence-electron chi connectivity index (χ1n) is 10.2. The quantitative estimate of drug-likeness (QED) is 0.645. The monoisotopic (exact) mass is 415 g/mol. The van der Waals surface area contributed by atoms with E-state index in [0.717, 1.165) is 5.56 Å². The second kappa shape index (κ2) is 8.60. The number of carbonyl (C=O) groups excluding carboxylic acids is 1. The molecule has 3 aromatic rings. The lowest BCUT2D eigenvalue weighted by Gasteiger charge is -2.42. The Kier molecular flexibility index (Phi) is 5.72. The molecule has 0 unspecified atom stereocenters. The number of amides is 1. The molecule has 0 bridgehead atoms. The number of rotatable bonds is 4. The van der Waals surface area contributed by atoms with Gasteiger partial charge in [0.25, 0.3) is 5.91 Å². The lowest BCUT2D eigenvalue weighted by molar-refractivity contribution is 0.0508. The SMILES string of the molecule is C[C@@H]1CN(C(=O)c2cccnc2-c2ccncn2)CC[C@@]1(C#N)Cc1ccc(F)cc1. The number of hydrogen-bond acceptors (Lipinski definition) is 5. The van der Waals surface area contributed by atoms with Gasteiger partial charge in [0.1, 0.15) is 17.8 Å². The zero-order valence-corrected chi connectivity index (χ0v) is 17.2. The van der Waals surface area contributed by atoms with Crippen molar-refractivity contribution in [3.63, 3.8) is 0 Å². The van der Waals surface area contributed by atoms with Crippen LogP contribution in [0.3, 0.4) is 0 Å². The summed E-state index contributed by atoms with van der Waals surface area (Å²) in [5.41, 5.74) is 1.92. The molecule has 1 aromatic carbocycles. The molecule has 1 fully saturated rings. The molecule has 1 aliphatic heterocycles. The number of halogens is 1. The van der Waals surface area contributed by atoms with E-state index in [4.69, 9.17) is 0 Å². The molecule has 2 aromatic heterocycles. The van der Waals surface area contributed by atoms with Crippen LogP contribution in [0.2, 0.25) is 0 Å². The number of carbonyl (C=O) groups is 1. The number of nitrogens with zero attached hydrogens (tertiary/aromatic N) is 5. The smallest absolute Gasteiger partial charge is 0.256 e. The summed E-state index contributed by atoms with van der Waals surface area (Å²) in [6.07, 6.45) is 5.77. The van der Waals surface area contributed by atoms with Gasteiger partial charge in [0.15, 0.2) is 0 Å². The van der Waals surface area contributed by atoms with E-state index in [2.05, 4.69) is 21.0 Å². The second-order valence-electron chi connectivity index (χ2n) is 7.97. The van der Waals surface area contributed by atoms with Gasteiger partial charge in [-0.3, -0.25) is 9.78 Å². The third-order valence-corrected chi connectivity index (χ3v) is 6.07. The van der Waals surface area contributed by atoms with E-state index in [1.54, 1.807) is 47.6 Å². The topological polar surface area (TPSA) is 82.8 Å². The molecule has 0 aliphatic carbocycles. The number of benzene rings is 1. The molecule has 156 valence electrons. The largest absolute Gasteiger partial charge is 0.338 e. The minimum atomic E-state index is -0.598. The Balaban J connectivity index is 1.55. The molecule has 0 radical (unpaired) electrons. The van der Waals surface area contributed by atoms with Gasteiger partial charge in [-0.1, -0.05) is 19.1 Å². The first-order chi connectivity index (χ1) is 15.0. The summed E-state index contributed by atoms with van der Waals surface area (Å²) in [6, 6.07) is 14.0. The van der Waals surface area contributed by atoms with E-state index in [9.17, 15) is 14.4 Å². The zero-order valence-electron chi connectivity index (χ0n) is 17.2. The van der Waals surface area contributed by atoms with Gasteiger partial charge in [-0.15, -0.1) is 0 Å². The van der Waals surface area contributed by atoms with Crippen molar-refractivity contribution in [2.24, 2.45) is 11.3 Å². The molecule has 1 saturated heterocycles. The van der Waals surface area contributed by atoms with Crippen LogP contribution in [0.5, 0.6) is 0 Å². The zero-order chi connectivity index (χ0) is 21.8. The Labute approximate surface area is 180 Å². The summed E-state index contributed by atoms with van der Waals surface area (Å²) in [6.45, 7) is 2.93. The molecule has 4 rings (SSSR count). The fourth-order valence-corrected chi connectivity index (χ4v) is 4.18. The maximum absolute atomic E-state index is 13.4. The highest BCUT2D eigenvalue weighted by molar-refractivity contribution is 5.99. The number of aromatic nitrogens is 3. The highest BCUT2D eigenvalue weighted by Crippen LogP contribution is 2.39. The third-order valence-electron chi connectivity index (χ3n) is 6.07. The molecule has 0 N–H and O–H groups in total. The van der Waals surface area contributed by atoms with E-state index < -0.39 is 5.41 Å². The fourth-order valence-electron chi connectivity index (χ4n) is 4.18. The Hall–Kier alpha value is -3.66. The normalized spacial score (nSPS) is 20.8. The maximum Gasteiger partial charge on any atom is 0.256 e. The molecule has 0 saturated carbocycles. The van der Waals surface area contributed by atoms with Gasteiger partial charge in [0.2, 0.25) is 0 Å². The standard InChI is InChI=1S/C24H22FN5O/c1-17-14-30(12-9-24(17,15-26)13-18-4-6-19(25)7-5-18)23(31)20-3-2-10-28-22(20)21-8-11-27-16-29-21/h2-8,10-11,16-17H,9,12-14H2,1H3/t17-,24+/m1/s1.